The van der Waals surface area contributed by atoms with Gasteiger partial charge in [-0.2, -0.15) is 0 Å². The Hall–Kier alpha value is -7.42. The number of para-hydroxylation sites is 4. The molecule has 10 aromatic carbocycles. The average Bonchev–Trinajstić information content (AvgIpc) is 3.80. The van der Waals surface area contributed by atoms with Gasteiger partial charge in [0.1, 0.15) is 0 Å². The van der Waals surface area contributed by atoms with Crippen molar-refractivity contribution in [2.24, 2.45) is 0 Å². The minimum atomic E-state index is 1.13. The summed E-state index contributed by atoms with van der Waals surface area (Å²) in [5.41, 5.74) is 14.5. The second kappa shape index (κ2) is 12.5. The van der Waals surface area contributed by atoms with E-state index in [-0.39, 0.29) is 0 Å². The van der Waals surface area contributed by atoms with Crippen molar-refractivity contribution < 1.29 is 0 Å². The van der Waals surface area contributed by atoms with E-state index in [1.54, 1.807) is 0 Å². The van der Waals surface area contributed by atoms with Crippen molar-refractivity contribution in [3.63, 3.8) is 0 Å². The van der Waals surface area contributed by atoms with E-state index in [1.807, 2.05) is 0 Å². The van der Waals surface area contributed by atoms with Crippen LogP contribution in [-0.4, -0.2) is 9.13 Å². The number of nitrogens with zero attached hydrogens (tertiary/aromatic N) is 2. The highest BCUT2D eigenvalue weighted by Crippen LogP contribution is 2.42. The molecule has 0 saturated heterocycles. The Kier molecular flexibility index (Phi) is 7.09. The SMILES string of the molecule is Cc1ccc(-c2cc(-n3c4ccccc4c4ccccc43)cc(-n3c4ccccc4c4ccccc43)c2)cc1-c1cc2c3ccccc3c3ccccc3c2cc1C. The maximum Gasteiger partial charge on any atom is 0.0541 e. The highest BCUT2D eigenvalue weighted by Gasteiger charge is 2.19. The van der Waals surface area contributed by atoms with Crippen molar-refractivity contribution in [1.29, 1.82) is 0 Å². The van der Waals surface area contributed by atoms with E-state index in [0.717, 1.165) is 11.4 Å². The van der Waals surface area contributed by atoms with Gasteiger partial charge in [0, 0.05) is 32.9 Å². The molecule has 0 fully saturated rings. The molecule has 0 radical (unpaired) electrons. The monoisotopic (exact) mass is 738 g/mol. The van der Waals surface area contributed by atoms with Crippen LogP contribution >= 0.6 is 0 Å². The van der Waals surface area contributed by atoms with Gasteiger partial charge in [0.05, 0.1) is 22.1 Å². The zero-order valence-corrected chi connectivity index (χ0v) is 32.4. The lowest BCUT2D eigenvalue weighted by Crippen LogP contribution is -2.00. The fourth-order valence-electron chi connectivity index (χ4n) is 9.86. The lowest BCUT2D eigenvalue weighted by molar-refractivity contribution is 1.13. The molecule has 2 heterocycles. The van der Waals surface area contributed by atoms with Crippen LogP contribution in [0.3, 0.4) is 0 Å². The standard InChI is InChI=1S/C56H38N2/c1-35-27-28-37(32-49(35)50-34-52-44-18-6-4-16-42(44)41-15-3-5-17-43(41)51(52)29-36(50)2)38-30-39(57-53-23-11-7-19-45(53)46-20-8-12-24-54(46)57)33-40(31-38)58-55-25-13-9-21-47(55)48-22-10-14-26-56(48)58/h3-34H,1-2H3. The van der Waals surface area contributed by atoms with Crippen LogP contribution in [0.5, 0.6) is 0 Å². The van der Waals surface area contributed by atoms with Crippen molar-refractivity contribution in [2.45, 2.75) is 13.8 Å². The zero-order valence-electron chi connectivity index (χ0n) is 32.4. The summed E-state index contributed by atoms with van der Waals surface area (Å²) >= 11 is 0. The number of rotatable bonds is 4. The summed E-state index contributed by atoms with van der Waals surface area (Å²) in [5.74, 6) is 0. The van der Waals surface area contributed by atoms with Crippen LogP contribution < -0.4 is 0 Å². The molecule has 0 aliphatic rings. The second-order valence-corrected chi connectivity index (χ2v) is 15.8. The van der Waals surface area contributed by atoms with Crippen molar-refractivity contribution in [3.8, 4) is 33.6 Å². The molecule has 2 nitrogen and oxygen atoms in total. The Labute approximate surface area is 336 Å². The predicted molar refractivity (Wildman–Crippen MR) is 248 cm³/mol. The largest absolute Gasteiger partial charge is 0.309 e. The first-order valence-corrected chi connectivity index (χ1v) is 20.2. The van der Waals surface area contributed by atoms with Crippen LogP contribution in [0.2, 0.25) is 0 Å². The van der Waals surface area contributed by atoms with Gasteiger partial charge in [-0.05, 0) is 134 Å². The Balaban J connectivity index is 1.13. The third kappa shape index (κ3) is 4.79. The fourth-order valence-corrected chi connectivity index (χ4v) is 9.86. The van der Waals surface area contributed by atoms with E-state index in [1.165, 1.54) is 109 Å². The summed E-state index contributed by atoms with van der Waals surface area (Å²) in [4.78, 5) is 0. The Morgan fingerprint density at radius 2 is 0.621 bits per heavy atom. The maximum absolute atomic E-state index is 2.45. The molecule has 272 valence electrons. The molecule has 12 rings (SSSR count). The number of fused-ring (bicyclic) bond motifs is 12. The van der Waals surface area contributed by atoms with Crippen LogP contribution in [0.4, 0.5) is 0 Å². The zero-order chi connectivity index (χ0) is 38.5. The molecule has 0 aliphatic carbocycles. The summed E-state index contributed by atoms with van der Waals surface area (Å²) < 4.78 is 4.90. The highest BCUT2D eigenvalue weighted by atomic mass is 15.0. The Bertz CT molecular complexity index is 3410. The fraction of sp³-hybridized carbons (Fsp3) is 0.0357. The van der Waals surface area contributed by atoms with E-state index >= 15 is 0 Å². The Morgan fingerprint density at radius 3 is 1.07 bits per heavy atom. The van der Waals surface area contributed by atoms with Gasteiger partial charge in [-0.25, -0.2) is 0 Å². The molecule has 0 unspecified atom stereocenters. The molecule has 0 spiro atoms. The molecule has 0 atom stereocenters. The predicted octanol–water partition coefficient (Wildman–Crippen LogP) is 15.3. The molecule has 0 aliphatic heterocycles. The highest BCUT2D eigenvalue weighted by molar-refractivity contribution is 6.26. The summed E-state index contributed by atoms with van der Waals surface area (Å²) in [5, 5.41) is 12.8. The van der Waals surface area contributed by atoms with Crippen LogP contribution in [0.15, 0.2) is 194 Å². The van der Waals surface area contributed by atoms with Gasteiger partial charge in [0.2, 0.25) is 0 Å². The van der Waals surface area contributed by atoms with E-state index in [9.17, 15) is 0 Å². The third-order valence-corrected chi connectivity index (χ3v) is 12.5. The second-order valence-electron chi connectivity index (χ2n) is 15.8. The average molecular weight is 739 g/mol. The molecule has 0 N–H and O–H groups in total. The summed E-state index contributed by atoms with van der Waals surface area (Å²) in [6.45, 7) is 4.52. The van der Waals surface area contributed by atoms with E-state index in [4.69, 9.17) is 0 Å². The molecular weight excluding hydrogens is 701 g/mol. The molecule has 0 saturated carbocycles. The van der Waals surface area contributed by atoms with Crippen LogP contribution in [-0.2, 0) is 0 Å². The molecule has 0 bridgehead atoms. The van der Waals surface area contributed by atoms with Gasteiger partial charge in [-0.1, -0.05) is 140 Å². The van der Waals surface area contributed by atoms with Crippen molar-refractivity contribution in [1.82, 2.24) is 9.13 Å². The van der Waals surface area contributed by atoms with Crippen LogP contribution in [0.1, 0.15) is 11.1 Å². The number of benzene rings is 10. The number of hydrogen-bond donors (Lipinski definition) is 0. The van der Waals surface area contributed by atoms with E-state index in [0.29, 0.717) is 0 Å². The van der Waals surface area contributed by atoms with Gasteiger partial charge in [-0.3, -0.25) is 0 Å². The molecule has 2 aromatic heterocycles. The molecule has 2 heteroatoms. The number of aromatic nitrogens is 2. The van der Waals surface area contributed by atoms with E-state index in [2.05, 4.69) is 217 Å². The molecule has 12 aromatic rings. The first-order chi connectivity index (χ1) is 28.6. The summed E-state index contributed by atoms with van der Waals surface area (Å²) in [6.07, 6.45) is 0. The minimum absolute atomic E-state index is 1.13. The normalized spacial score (nSPS) is 12.0. The summed E-state index contributed by atoms with van der Waals surface area (Å²) in [6, 6.07) is 71.9. The van der Waals surface area contributed by atoms with Crippen LogP contribution in [0, 0.1) is 13.8 Å². The molecule has 58 heavy (non-hydrogen) atoms. The lowest BCUT2D eigenvalue weighted by Gasteiger charge is -2.18. The number of hydrogen-bond acceptors (Lipinski definition) is 0. The maximum atomic E-state index is 2.45. The smallest absolute Gasteiger partial charge is 0.0541 e. The van der Waals surface area contributed by atoms with Gasteiger partial charge in [0.25, 0.3) is 0 Å². The van der Waals surface area contributed by atoms with Crippen LogP contribution in [0.25, 0.3) is 110 Å². The van der Waals surface area contributed by atoms with Crippen molar-refractivity contribution in [3.05, 3.63) is 205 Å². The van der Waals surface area contributed by atoms with E-state index < -0.39 is 0 Å². The first-order valence-electron chi connectivity index (χ1n) is 20.2. The van der Waals surface area contributed by atoms with Gasteiger partial charge >= 0.3 is 0 Å². The summed E-state index contributed by atoms with van der Waals surface area (Å²) in [7, 11) is 0. The van der Waals surface area contributed by atoms with Gasteiger partial charge in [0.15, 0.2) is 0 Å². The Morgan fingerprint density at radius 1 is 0.259 bits per heavy atom. The van der Waals surface area contributed by atoms with Gasteiger partial charge in [-0.15, -0.1) is 0 Å². The quantitative estimate of drug-likeness (QED) is 0.159. The number of aryl methyl sites for hydroxylation is 2. The molecule has 0 amide bonds. The lowest BCUT2D eigenvalue weighted by atomic mass is 9.87. The van der Waals surface area contributed by atoms with Crippen molar-refractivity contribution >= 4 is 75.9 Å². The minimum Gasteiger partial charge on any atom is -0.309 e. The van der Waals surface area contributed by atoms with Crippen molar-refractivity contribution in [2.75, 3.05) is 0 Å². The first kappa shape index (κ1) is 32.8. The molecular formula is C56H38N2. The van der Waals surface area contributed by atoms with Gasteiger partial charge < -0.3 is 9.13 Å². The third-order valence-electron chi connectivity index (χ3n) is 12.5. The topological polar surface area (TPSA) is 9.86 Å².